The summed E-state index contributed by atoms with van der Waals surface area (Å²) in [6.07, 6.45) is 1.32. The molecule has 9 heteroatoms. The van der Waals surface area contributed by atoms with Crippen molar-refractivity contribution in [2.45, 2.75) is 0 Å². The van der Waals surface area contributed by atoms with Crippen molar-refractivity contribution in [3.63, 3.8) is 0 Å². The maximum Gasteiger partial charge on any atom is 0.289 e. The Morgan fingerprint density at radius 3 is 2.85 bits per heavy atom. The molecular weight excluding hydrogens is 350 g/mol. The van der Waals surface area contributed by atoms with Crippen LogP contribution in [-0.4, -0.2) is 34.4 Å². The monoisotopic (exact) mass is 365 g/mol. The van der Waals surface area contributed by atoms with Gasteiger partial charge in [-0.25, -0.2) is 5.43 Å². The van der Waals surface area contributed by atoms with Gasteiger partial charge in [0.05, 0.1) is 23.9 Å². The molecule has 1 heterocycles. The lowest BCUT2D eigenvalue weighted by atomic mass is 10.1. The Bertz CT molecular complexity index is 1010. The molecule has 0 aliphatic carbocycles. The molecule has 1 amide bonds. The van der Waals surface area contributed by atoms with Gasteiger partial charge in [0.1, 0.15) is 11.4 Å². The Morgan fingerprint density at radius 2 is 2.07 bits per heavy atom. The van der Waals surface area contributed by atoms with Gasteiger partial charge >= 0.3 is 0 Å². The highest BCUT2D eigenvalue weighted by molar-refractivity contribution is 5.94. The molecule has 3 rings (SSSR count). The summed E-state index contributed by atoms with van der Waals surface area (Å²) >= 11 is 0. The summed E-state index contributed by atoms with van der Waals surface area (Å²) in [5.41, 5.74) is 4.39. The highest BCUT2D eigenvalue weighted by Crippen LogP contribution is 2.22. The molecule has 0 aliphatic heterocycles. The molecule has 0 unspecified atom stereocenters. The number of benzene rings is 2. The minimum absolute atomic E-state index is 0.0539. The summed E-state index contributed by atoms with van der Waals surface area (Å²) in [6, 6.07) is 14.8. The summed E-state index contributed by atoms with van der Waals surface area (Å²) in [4.78, 5) is 22.4. The van der Waals surface area contributed by atoms with Gasteiger partial charge in [0.25, 0.3) is 11.6 Å². The maximum atomic E-state index is 12.1. The Kier molecular flexibility index (Phi) is 5.22. The quantitative estimate of drug-likeness (QED) is 0.395. The Hall–Kier alpha value is -4.01. The first-order valence-corrected chi connectivity index (χ1v) is 7.84. The minimum atomic E-state index is -0.499. The molecule has 0 fully saturated rings. The van der Waals surface area contributed by atoms with Crippen LogP contribution in [0.2, 0.25) is 0 Å². The molecule has 0 bridgehead atoms. The van der Waals surface area contributed by atoms with Gasteiger partial charge in [-0.15, -0.1) is 0 Å². The predicted octanol–water partition coefficient (Wildman–Crippen LogP) is 2.76. The number of carbonyl (C=O) groups is 1. The second kappa shape index (κ2) is 7.91. The van der Waals surface area contributed by atoms with Crippen molar-refractivity contribution in [3.05, 3.63) is 76.0 Å². The molecule has 9 nitrogen and oxygen atoms in total. The summed E-state index contributed by atoms with van der Waals surface area (Å²) in [7, 11) is 1.57. The number of nitrogens with zero attached hydrogens (tertiary/aromatic N) is 3. The van der Waals surface area contributed by atoms with Crippen LogP contribution in [0.15, 0.2) is 59.7 Å². The molecule has 0 aliphatic rings. The number of nitro groups is 1. The normalized spacial score (nSPS) is 10.7. The third-order valence-corrected chi connectivity index (χ3v) is 3.65. The van der Waals surface area contributed by atoms with E-state index in [-0.39, 0.29) is 11.4 Å². The number of methoxy groups -OCH3 is 1. The van der Waals surface area contributed by atoms with Gasteiger partial charge in [-0.3, -0.25) is 20.0 Å². The van der Waals surface area contributed by atoms with E-state index in [1.807, 2.05) is 18.2 Å². The molecule has 1 aromatic heterocycles. The van der Waals surface area contributed by atoms with Crippen LogP contribution in [-0.2, 0) is 0 Å². The predicted molar refractivity (Wildman–Crippen MR) is 98.7 cm³/mol. The number of hydrazone groups is 1. The number of rotatable bonds is 6. The second-order valence-corrected chi connectivity index (χ2v) is 5.45. The molecule has 0 radical (unpaired) electrons. The molecule has 0 saturated heterocycles. The zero-order valence-electron chi connectivity index (χ0n) is 14.2. The van der Waals surface area contributed by atoms with Crippen LogP contribution in [0.5, 0.6) is 5.75 Å². The summed E-state index contributed by atoms with van der Waals surface area (Å²) in [5, 5.41) is 21.3. The van der Waals surface area contributed by atoms with Crippen LogP contribution >= 0.6 is 0 Å². The number of aromatic amines is 1. The lowest BCUT2D eigenvalue weighted by molar-refractivity contribution is -0.384. The van der Waals surface area contributed by atoms with Crippen molar-refractivity contribution < 1.29 is 14.5 Å². The lowest BCUT2D eigenvalue weighted by Crippen LogP contribution is -2.18. The van der Waals surface area contributed by atoms with Crippen LogP contribution in [0.1, 0.15) is 16.1 Å². The molecule has 0 spiro atoms. The first-order valence-electron chi connectivity index (χ1n) is 7.84. The number of aromatic nitrogens is 2. The fourth-order valence-corrected chi connectivity index (χ4v) is 2.31. The molecule has 3 aromatic rings. The molecule has 2 N–H and O–H groups in total. The fraction of sp³-hybridized carbons (Fsp3) is 0.0556. The van der Waals surface area contributed by atoms with Gasteiger partial charge < -0.3 is 4.74 Å². The summed E-state index contributed by atoms with van der Waals surface area (Å²) in [5.74, 6) is 0.196. The average Bonchev–Trinajstić information content (AvgIpc) is 3.18. The molecule has 27 heavy (non-hydrogen) atoms. The van der Waals surface area contributed by atoms with Crippen LogP contribution in [0.4, 0.5) is 5.69 Å². The van der Waals surface area contributed by atoms with Gasteiger partial charge in [-0.2, -0.15) is 10.2 Å². The first kappa shape index (κ1) is 17.8. The summed E-state index contributed by atoms with van der Waals surface area (Å²) in [6.45, 7) is 0. The number of hydrogen-bond acceptors (Lipinski definition) is 6. The number of nitro benzene ring substituents is 1. The van der Waals surface area contributed by atoms with Crippen LogP contribution < -0.4 is 10.2 Å². The lowest BCUT2D eigenvalue weighted by Gasteiger charge is -2.00. The number of nitrogens with one attached hydrogen (secondary N) is 2. The Balaban J connectivity index is 1.67. The SMILES string of the molecule is COc1cccc(-c2cc(C(=O)N/N=C/c3cccc([N+](=O)[O-])c3)[nH]n2)c1. The van der Waals surface area contributed by atoms with Crippen molar-refractivity contribution >= 4 is 17.8 Å². The van der Waals surface area contributed by atoms with Crippen LogP contribution in [0, 0.1) is 10.1 Å². The number of ether oxygens (including phenoxy) is 1. The van der Waals surface area contributed by atoms with E-state index in [0.29, 0.717) is 17.0 Å². The van der Waals surface area contributed by atoms with E-state index in [1.165, 1.54) is 24.4 Å². The van der Waals surface area contributed by atoms with E-state index >= 15 is 0 Å². The Labute approximate surface area is 153 Å². The second-order valence-electron chi connectivity index (χ2n) is 5.45. The van der Waals surface area contributed by atoms with E-state index in [9.17, 15) is 14.9 Å². The van der Waals surface area contributed by atoms with Crippen LogP contribution in [0.3, 0.4) is 0 Å². The van der Waals surface area contributed by atoms with Crippen molar-refractivity contribution in [1.29, 1.82) is 0 Å². The molecule has 2 aromatic carbocycles. The molecule has 0 atom stereocenters. The molecule has 0 saturated carbocycles. The first-order chi connectivity index (χ1) is 13.1. The van der Waals surface area contributed by atoms with Crippen molar-refractivity contribution in [2.24, 2.45) is 5.10 Å². The standard InChI is InChI=1S/C18H15N5O4/c1-27-15-7-3-5-13(9-15)16-10-17(21-20-16)18(24)22-19-11-12-4-2-6-14(8-12)23(25)26/h2-11H,1H3,(H,20,21)(H,22,24)/b19-11+. The van der Waals surface area contributed by atoms with Gasteiger partial charge in [0.2, 0.25) is 0 Å². The smallest absolute Gasteiger partial charge is 0.289 e. The van der Waals surface area contributed by atoms with Gasteiger partial charge in [-0.05, 0) is 18.2 Å². The zero-order chi connectivity index (χ0) is 19.2. The topological polar surface area (TPSA) is 123 Å². The average molecular weight is 365 g/mol. The molecular formula is C18H15N5O4. The third kappa shape index (κ3) is 4.34. The fourth-order valence-electron chi connectivity index (χ4n) is 2.31. The number of carbonyl (C=O) groups excluding carboxylic acids is 1. The van der Waals surface area contributed by atoms with E-state index < -0.39 is 10.8 Å². The van der Waals surface area contributed by atoms with E-state index in [0.717, 1.165) is 5.56 Å². The van der Waals surface area contributed by atoms with E-state index in [2.05, 4.69) is 20.7 Å². The van der Waals surface area contributed by atoms with Gasteiger partial charge in [-0.1, -0.05) is 24.3 Å². The van der Waals surface area contributed by atoms with Crippen molar-refractivity contribution in [1.82, 2.24) is 15.6 Å². The number of hydrogen-bond donors (Lipinski definition) is 2. The van der Waals surface area contributed by atoms with Crippen molar-refractivity contribution in [3.8, 4) is 17.0 Å². The van der Waals surface area contributed by atoms with Crippen LogP contribution in [0.25, 0.3) is 11.3 Å². The zero-order valence-corrected chi connectivity index (χ0v) is 14.2. The number of amides is 1. The summed E-state index contributed by atoms with van der Waals surface area (Å²) < 4.78 is 5.17. The van der Waals surface area contributed by atoms with Crippen molar-refractivity contribution in [2.75, 3.05) is 7.11 Å². The Morgan fingerprint density at radius 1 is 1.26 bits per heavy atom. The maximum absolute atomic E-state index is 12.1. The van der Waals surface area contributed by atoms with Gasteiger partial charge in [0, 0.05) is 23.3 Å². The van der Waals surface area contributed by atoms with E-state index in [1.54, 1.807) is 25.3 Å². The third-order valence-electron chi connectivity index (χ3n) is 3.65. The number of non-ortho nitro benzene ring substituents is 1. The molecule has 136 valence electrons. The number of H-pyrrole nitrogens is 1. The highest BCUT2D eigenvalue weighted by atomic mass is 16.6. The highest BCUT2D eigenvalue weighted by Gasteiger charge is 2.11. The largest absolute Gasteiger partial charge is 0.497 e. The van der Waals surface area contributed by atoms with E-state index in [4.69, 9.17) is 4.74 Å². The van der Waals surface area contributed by atoms with Gasteiger partial charge in [0.15, 0.2) is 0 Å². The minimum Gasteiger partial charge on any atom is -0.497 e.